The Hall–Kier alpha value is -1.89. The Balaban J connectivity index is 1.95. The lowest BCUT2D eigenvalue weighted by molar-refractivity contribution is -0.391. The van der Waals surface area contributed by atoms with Crippen LogP contribution in [0.15, 0.2) is 12.1 Å². The maximum absolute atomic E-state index is 11.9. The molecule has 1 aliphatic carbocycles. The van der Waals surface area contributed by atoms with E-state index >= 15 is 0 Å². The molecule has 2 atom stereocenters. The average Bonchev–Trinajstić information content (AvgIpc) is 2.92. The number of carbonyl (C=O) groups excluding carboxylic acids is 1. The largest absolute Gasteiger partial charge is 0.393 e. The third kappa shape index (κ3) is 2.93. The minimum Gasteiger partial charge on any atom is -0.393 e. The molecule has 1 heterocycles. The molecule has 7 heteroatoms. The number of amides is 1. The molecule has 104 valence electrons. The Labute approximate surface area is 110 Å². The van der Waals surface area contributed by atoms with Crippen LogP contribution in [0, 0.1) is 16.0 Å². The van der Waals surface area contributed by atoms with Gasteiger partial charge < -0.3 is 20.5 Å². The first-order valence-corrected chi connectivity index (χ1v) is 6.25. The first-order valence-electron chi connectivity index (χ1n) is 6.25. The second kappa shape index (κ2) is 5.40. The van der Waals surface area contributed by atoms with Crippen molar-refractivity contribution in [2.45, 2.75) is 25.4 Å². The summed E-state index contributed by atoms with van der Waals surface area (Å²) in [5.41, 5.74) is 0.269. The van der Waals surface area contributed by atoms with E-state index in [-0.39, 0.29) is 29.4 Å². The van der Waals surface area contributed by atoms with Crippen LogP contribution in [-0.2, 0) is 7.05 Å². The number of rotatable bonds is 4. The average molecular weight is 267 g/mol. The van der Waals surface area contributed by atoms with Crippen molar-refractivity contribution < 1.29 is 14.8 Å². The highest BCUT2D eigenvalue weighted by Crippen LogP contribution is 2.24. The van der Waals surface area contributed by atoms with Crippen LogP contribution >= 0.6 is 0 Å². The van der Waals surface area contributed by atoms with Crippen molar-refractivity contribution in [2.24, 2.45) is 13.0 Å². The van der Waals surface area contributed by atoms with E-state index in [9.17, 15) is 20.0 Å². The molecular weight excluding hydrogens is 250 g/mol. The third-order valence-electron chi connectivity index (χ3n) is 3.58. The number of hydrogen-bond donors (Lipinski definition) is 2. The Kier molecular flexibility index (Phi) is 3.84. The van der Waals surface area contributed by atoms with Gasteiger partial charge in [0.15, 0.2) is 5.69 Å². The second-order valence-electron chi connectivity index (χ2n) is 4.94. The van der Waals surface area contributed by atoms with Crippen LogP contribution < -0.4 is 5.32 Å². The van der Waals surface area contributed by atoms with Gasteiger partial charge in [-0.25, -0.2) is 4.57 Å². The summed E-state index contributed by atoms with van der Waals surface area (Å²) in [6, 6.07) is 2.76. The van der Waals surface area contributed by atoms with Crippen LogP contribution in [-0.4, -0.2) is 33.2 Å². The highest BCUT2D eigenvalue weighted by Gasteiger charge is 2.25. The van der Waals surface area contributed by atoms with Gasteiger partial charge >= 0.3 is 5.82 Å². The smallest absolute Gasteiger partial charge is 0.323 e. The summed E-state index contributed by atoms with van der Waals surface area (Å²) in [5.74, 6) is -0.146. The van der Waals surface area contributed by atoms with Crippen molar-refractivity contribution in [3.05, 3.63) is 27.9 Å². The fraction of sp³-hybridized carbons (Fsp3) is 0.583. The summed E-state index contributed by atoms with van der Waals surface area (Å²) in [5, 5.41) is 22.8. The lowest BCUT2D eigenvalue weighted by atomic mass is 10.1. The number of hydrogen-bond acceptors (Lipinski definition) is 4. The topological polar surface area (TPSA) is 97.4 Å². The van der Waals surface area contributed by atoms with E-state index in [1.807, 2.05) is 0 Å². The minimum absolute atomic E-state index is 0.110. The van der Waals surface area contributed by atoms with Crippen LogP contribution in [0.5, 0.6) is 0 Å². The molecule has 1 fully saturated rings. The van der Waals surface area contributed by atoms with Gasteiger partial charge in [-0.15, -0.1) is 0 Å². The second-order valence-corrected chi connectivity index (χ2v) is 4.94. The number of nitrogens with one attached hydrogen (secondary N) is 1. The molecule has 0 aliphatic heterocycles. The van der Waals surface area contributed by atoms with Crippen LogP contribution in [0.3, 0.4) is 0 Å². The summed E-state index contributed by atoms with van der Waals surface area (Å²) >= 11 is 0. The highest BCUT2D eigenvalue weighted by molar-refractivity contribution is 5.93. The summed E-state index contributed by atoms with van der Waals surface area (Å²) in [7, 11) is 1.49. The maximum Gasteiger partial charge on any atom is 0.323 e. The summed E-state index contributed by atoms with van der Waals surface area (Å²) < 4.78 is 1.26. The van der Waals surface area contributed by atoms with E-state index in [0.29, 0.717) is 13.0 Å². The van der Waals surface area contributed by atoms with E-state index in [1.165, 1.54) is 23.7 Å². The van der Waals surface area contributed by atoms with Gasteiger partial charge in [-0.05, 0) is 36.2 Å². The molecule has 19 heavy (non-hydrogen) atoms. The molecule has 0 aromatic carbocycles. The van der Waals surface area contributed by atoms with Crippen molar-refractivity contribution in [1.29, 1.82) is 0 Å². The normalized spacial score (nSPS) is 22.4. The summed E-state index contributed by atoms with van der Waals surface area (Å²) in [6.45, 7) is 0.495. The standard InChI is InChI=1S/C12H17N3O4/c1-14-10(4-5-11(14)15(18)19)12(17)13-7-8-2-3-9(16)6-8/h4-5,8-9,16H,2-3,6-7H2,1H3,(H,13,17). The molecule has 1 aromatic rings. The molecule has 0 spiro atoms. The lowest BCUT2D eigenvalue weighted by Crippen LogP contribution is -2.30. The van der Waals surface area contributed by atoms with Gasteiger partial charge in [-0.3, -0.25) is 4.79 Å². The van der Waals surface area contributed by atoms with E-state index in [1.54, 1.807) is 0 Å². The zero-order chi connectivity index (χ0) is 14.0. The molecule has 2 N–H and O–H groups in total. The number of aromatic nitrogens is 1. The van der Waals surface area contributed by atoms with Crippen LogP contribution in [0.1, 0.15) is 29.8 Å². The molecule has 0 saturated heterocycles. The van der Waals surface area contributed by atoms with Gasteiger partial charge in [0.25, 0.3) is 5.91 Å². The van der Waals surface area contributed by atoms with Gasteiger partial charge in [-0.2, -0.15) is 0 Å². The van der Waals surface area contributed by atoms with Crippen molar-refractivity contribution >= 4 is 11.7 Å². The Morgan fingerprint density at radius 1 is 1.58 bits per heavy atom. The molecule has 0 bridgehead atoms. The number of nitro groups is 1. The maximum atomic E-state index is 11.9. The lowest BCUT2D eigenvalue weighted by Gasteiger charge is -2.10. The van der Waals surface area contributed by atoms with E-state index in [4.69, 9.17) is 0 Å². The fourth-order valence-corrected chi connectivity index (χ4v) is 2.47. The molecule has 1 aliphatic rings. The molecule has 2 unspecified atom stereocenters. The Morgan fingerprint density at radius 2 is 2.32 bits per heavy atom. The van der Waals surface area contributed by atoms with Crippen LogP contribution in [0.25, 0.3) is 0 Å². The molecule has 1 saturated carbocycles. The van der Waals surface area contributed by atoms with Gasteiger partial charge in [0, 0.05) is 12.6 Å². The van der Waals surface area contributed by atoms with E-state index in [0.717, 1.165) is 12.8 Å². The van der Waals surface area contributed by atoms with Crippen LogP contribution in [0.4, 0.5) is 5.82 Å². The number of nitrogens with zero attached hydrogens (tertiary/aromatic N) is 2. The van der Waals surface area contributed by atoms with Crippen molar-refractivity contribution in [1.82, 2.24) is 9.88 Å². The van der Waals surface area contributed by atoms with E-state index < -0.39 is 4.92 Å². The van der Waals surface area contributed by atoms with Crippen molar-refractivity contribution in [2.75, 3.05) is 6.54 Å². The summed E-state index contributed by atoms with van der Waals surface area (Å²) in [4.78, 5) is 22.1. The van der Waals surface area contributed by atoms with Gasteiger partial charge in [0.1, 0.15) is 0 Å². The molecule has 1 amide bonds. The van der Waals surface area contributed by atoms with Crippen molar-refractivity contribution in [3.8, 4) is 0 Å². The Morgan fingerprint density at radius 3 is 2.84 bits per heavy atom. The first kappa shape index (κ1) is 13.5. The van der Waals surface area contributed by atoms with Gasteiger partial charge in [0.05, 0.1) is 13.2 Å². The Bertz CT molecular complexity index is 497. The zero-order valence-corrected chi connectivity index (χ0v) is 10.7. The van der Waals surface area contributed by atoms with Gasteiger partial charge in [-0.1, -0.05) is 0 Å². The molecule has 1 aromatic heterocycles. The number of aliphatic hydroxyl groups excluding tert-OH is 1. The minimum atomic E-state index is -0.524. The highest BCUT2D eigenvalue weighted by atomic mass is 16.6. The van der Waals surface area contributed by atoms with E-state index in [2.05, 4.69) is 5.32 Å². The SMILES string of the molecule is Cn1c(C(=O)NCC2CCC(O)C2)ccc1[N+](=O)[O-]. The van der Waals surface area contributed by atoms with Gasteiger partial charge in [0.2, 0.25) is 0 Å². The predicted octanol–water partition coefficient (Wildman–Crippen LogP) is 0.824. The summed E-state index contributed by atoms with van der Waals surface area (Å²) in [6.07, 6.45) is 2.11. The monoisotopic (exact) mass is 267 g/mol. The molecule has 0 radical (unpaired) electrons. The van der Waals surface area contributed by atoms with Crippen LogP contribution in [0.2, 0.25) is 0 Å². The number of aliphatic hydroxyl groups is 1. The zero-order valence-electron chi connectivity index (χ0n) is 10.7. The molecule has 2 rings (SSSR count). The third-order valence-corrected chi connectivity index (χ3v) is 3.58. The quantitative estimate of drug-likeness (QED) is 0.623. The fourth-order valence-electron chi connectivity index (χ4n) is 2.47. The number of carbonyl (C=O) groups is 1. The molecular formula is C12H17N3O4. The first-order chi connectivity index (χ1) is 8.99. The predicted molar refractivity (Wildman–Crippen MR) is 67.7 cm³/mol. The molecule has 7 nitrogen and oxygen atoms in total. The van der Waals surface area contributed by atoms with Crippen molar-refractivity contribution in [3.63, 3.8) is 0 Å².